The second-order valence-corrected chi connectivity index (χ2v) is 15.1. The summed E-state index contributed by atoms with van der Waals surface area (Å²) in [7, 11) is 0. The smallest absolute Gasteiger partial charge is 0.226 e. The van der Waals surface area contributed by atoms with Gasteiger partial charge in [-0.3, -0.25) is 9.59 Å². The van der Waals surface area contributed by atoms with Crippen molar-refractivity contribution in [3.05, 3.63) is 34.8 Å². The van der Waals surface area contributed by atoms with Crippen LogP contribution in [0.25, 0.3) is 4.85 Å². The van der Waals surface area contributed by atoms with Gasteiger partial charge in [0.15, 0.2) is 11.6 Å². The van der Waals surface area contributed by atoms with Crippen LogP contribution in [0.4, 0.5) is 0 Å². The molecule has 204 valence electrons. The predicted molar refractivity (Wildman–Crippen MR) is 146 cm³/mol. The first-order valence-electron chi connectivity index (χ1n) is 14.9. The second kappa shape index (κ2) is 7.70. The Morgan fingerprint density at radius 3 is 2.29 bits per heavy atom. The predicted octanol–water partition coefficient (Wildman–Crippen LogP) is 6.40. The second-order valence-electron chi connectivity index (χ2n) is 15.1. The highest BCUT2D eigenvalue weighted by Gasteiger charge is 2.71. The van der Waals surface area contributed by atoms with Crippen molar-refractivity contribution in [2.75, 3.05) is 6.54 Å². The highest BCUT2D eigenvalue weighted by atomic mass is 16.2. The van der Waals surface area contributed by atoms with Gasteiger partial charge in [-0.2, -0.15) is 0 Å². The molecule has 38 heavy (non-hydrogen) atoms. The van der Waals surface area contributed by atoms with Crippen LogP contribution in [-0.2, 0) is 14.4 Å². The topological polar surface area (TPSA) is 58.8 Å². The number of carbonyl (C=O) groups excluding carboxylic acids is 3. The lowest BCUT2D eigenvalue weighted by molar-refractivity contribution is -0.197. The van der Waals surface area contributed by atoms with E-state index < -0.39 is 10.8 Å². The van der Waals surface area contributed by atoms with E-state index in [4.69, 9.17) is 6.57 Å². The van der Waals surface area contributed by atoms with E-state index in [1.165, 1.54) is 0 Å². The molecule has 1 amide bonds. The Morgan fingerprint density at radius 2 is 1.68 bits per heavy atom. The molecule has 9 atom stereocenters. The maximum absolute atomic E-state index is 14.6. The standard InChI is InChI=1S/C33H44N2O3/c1-19-9-13-33(35-16-11-25(35)37)15-14-32(7)27(26(33)20(19)2)22(36)17-24-30(5)18-21(34-8)28(38)29(3,4)23(30)10-12-31(24,32)6/h17-20,23,26-27H,9-16H2,1-7H3/t19-,20+,23+,26+,27-,30+,31-,32-,33+/m1/s1. The summed E-state index contributed by atoms with van der Waals surface area (Å²) in [5.74, 6) is 1.45. The molecule has 0 aromatic rings. The molecule has 0 N–H and O–H groups in total. The number of Topliss-reactive ketones (excluding diaryl/α,β-unsaturated/α-hetero) is 1. The number of nitrogens with zero attached hydrogens (tertiary/aromatic N) is 2. The third-order valence-corrected chi connectivity index (χ3v) is 13.6. The van der Waals surface area contributed by atoms with Crippen molar-refractivity contribution in [2.45, 2.75) is 99.0 Å². The van der Waals surface area contributed by atoms with Gasteiger partial charge < -0.3 is 9.69 Å². The van der Waals surface area contributed by atoms with Gasteiger partial charge >= 0.3 is 0 Å². The van der Waals surface area contributed by atoms with Gasteiger partial charge in [0.2, 0.25) is 11.6 Å². The molecule has 1 aliphatic heterocycles. The van der Waals surface area contributed by atoms with Gasteiger partial charge in [-0.25, -0.2) is 4.85 Å². The first-order valence-corrected chi connectivity index (χ1v) is 14.9. The molecule has 1 heterocycles. The molecule has 0 unspecified atom stereocenters. The summed E-state index contributed by atoms with van der Waals surface area (Å²) >= 11 is 0. The fraction of sp³-hybridized carbons (Fsp3) is 0.758. The lowest BCUT2D eigenvalue weighted by Crippen LogP contribution is -2.73. The average Bonchev–Trinajstić information content (AvgIpc) is 2.85. The summed E-state index contributed by atoms with van der Waals surface area (Å²) in [6.45, 7) is 24.2. The van der Waals surface area contributed by atoms with Crippen molar-refractivity contribution < 1.29 is 14.4 Å². The first kappa shape index (κ1) is 26.0. The molecule has 5 aliphatic carbocycles. The van der Waals surface area contributed by atoms with E-state index in [9.17, 15) is 14.4 Å². The monoisotopic (exact) mass is 516 g/mol. The van der Waals surface area contributed by atoms with E-state index >= 15 is 0 Å². The number of ketones is 2. The molecular formula is C33H44N2O3. The fourth-order valence-corrected chi connectivity index (χ4v) is 11.0. The molecule has 5 heteroatoms. The van der Waals surface area contributed by atoms with Crippen molar-refractivity contribution in [2.24, 2.45) is 51.2 Å². The molecule has 0 radical (unpaired) electrons. The van der Waals surface area contributed by atoms with Crippen LogP contribution >= 0.6 is 0 Å². The van der Waals surface area contributed by atoms with E-state index in [1.807, 2.05) is 26.0 Å². The Morgan fingerprint density at radius 1 is 0.974 bits per heavy atom. The van der Waals surface area contributed by atoms with Gasteiger partial charge in [0, 0.05) is 35.3 Å². The van der Waals surface area contributed by atoms with Crippen LogP contribution in [0, 0.1) is 57.8 Å². The molecule has 0 spiro atoms. The minimum absolute atomic E-state index is 0.0583. The summed E-state index contributed by atoms with van der Waals surface area (Å²) in [6, 6.07) is 0. The Labute approximate surface area is 228 Å². The van der Waals surface area contributed by atoms with Gasteiger partial charge in [-0.05, 0) is 79.1 Å². The molecule has 6 rings (SSSR count). The van der Waals surface area contributed by atoms with Gasteiger partial charge in [0.25, 0.3) is 0 Å². The first-order chi connectivity index (χ1) is 17.7. The van der Waals surface area contributed by atoms with Crippen LogP contribution < -0.4 is 0 Å². The maximum atomic E-state index is 14.6. The van der Waals surface area contributed by atoms with Crippen LogP contribution in [0.5, 0.6) is 0 Å². The van der Waals surface area contributed by atoms with Crippen molar-refractivity contribution in [1.29, 1.82) is 0 Å². The molecule has 0 aromatic heterocycles. The van der Waals surface area contributed by atoms with Crippen LogP contribution in [-0.4, -0.2) is 34.5 Å². The SMILES string of the molecule is [C-]#[N+]C1=C[C@]2(C)C3=CC(=O)[C@@H]4[C@@H]5[C@@H](C)[C@H](C)CC[C@]5(N5CCC5=O)CC[C@@]4(C)[C@]3(C)CC[C@H]2C(C)(C)C1=O. The zero-order valence-electron chi connectivity index (χ0n) is 24.3. The van der Waals surface area contributed by atoms with Crippen molar-refractivity contribution in [1.82, 2.24) is 4.90 Å². The number of fused-ring (bicyclic) bond motifs is 7. The zero-order valence-corrected chi connectivity index (χ0v) is 24.3. The normalized spacial score (nSPS) is 49.4. The zero-order chi connectivity index (χ0) is 27.6. The van der Waals surface area contributed by atoms with Gasteiger partial charge in [0.05, 0.1) is 6.57 Å². The molecule has 0 bridgehead atoms. The van der Waals surface area contributed by atoms with Crippen molar-refractivity contribution in [3.8, 4) is 0 Å². The lowest BCUT2D eigenvalue weighted by atomic mass is 9.34. The highest BCUT2D eigenvalue weighted by Crippen LogP contribution is 2.74. The molecule has 4 fully saturated rings. The van der Waals surface area contributed by atoms with Gasteiger partial charge in [0.1, 0.15) is 0 Å². The number of likely N-dealkylation sites (tertiary alicyclic amines) is 1. The van der Waals surface area contributed by atoms with Crippen LogP contribution in [0.15, 0.2) is 23.4 Å². The number of allylic oxidation sites excluding steroid dienone is 4. The third kappa shape index (κ3) is 2.80. The highest BCUT2D eigenvalue weighted by molar-refractivity contribution is 6.03. The summed E-state index contributed by atoms with van der Waals surface area (Å²) in [4.78, 5) is 46.6. The largest absolute Gasteiger partial charge is 0.336 e. The molecular weight excluding hydrogens is 472 g/mol. The van der Waals surface area contributed by atoms with Crippen LogP contribution in [0.3, 0.4) is 0 Å². The number of rotatable bonds is 1. The van der Waals surface area contributed by atoms with E-state index in [-0.39, 0.29) is 57.3 Å². The van der Waals surface area contributed by atoms with Crippen LogP contribution in [0.1, 0.15) is 93.4 Å². The lowest BCUT2D eigenvalue weighted by Gasteiger charge is -2.71. The fourth-order valence-electron chi connectivity index (χ4n) is 11.0. The van der Waals surface area contributed by atoms with E-state index in [0.717, 1.165) is 50.6 Å². The molecule has 5 nitrogen and oxygen atoms in total. The number of β-lactam (4-membered cyclic amide) rings is 1. The van der Waals surface area contributed by atoms with Crippen LogP contribution in [0.2, 0.25) is 0 Å². The van der Waals surface area contributed by atoms with E-state index in [1.54, 1.807) is 0 Å². The Kier molecular flexibility index (Phi) is 5.28. The third-order valence-electron chi connectivity index (χ3n) is 13.6. The van der Waals surface area contributed by atoms with Crippen molar-refractivity contribution >= 4 is 17.5 Å². The molecule has 3 saturated carbocycles. The molecule has 0 aromatic carbocycles. The maximum Gasteiger partial charge on any atom is 0.226 e. The van der Waals surface area contributed by atoms with Gasteiger partial charge in [-0.1, -0.05) is 60.1 Å². The van der Waals surface area contributed by atoms with E-state index in [2.05, 4.69) is 44.4 Å². The average molecular weight is 517 g/mol. The Balaban J connectivity index is 1.53. The minimum Gasteiger partial charge on any atom is -0.336 e. The minimum atomic E-state index is -0.640. The number of hydrogen-bond acceptors (Lipinski definition) is 3. The molecule has 6 aliphatic rings. The summed E-state index contributed by atoms with van der Waals surface area (Å²) in [6.07, 6.45) is 10.4. The quantitative estimate of drug-likeness (QED) is 0.299. The summed E-state index contributed by atoms with van der Waals surface area (Å²) in [5, 5.41) is 0. The number of carbonyl (C=O) groups is 3. The summed E-state index contributed by atoms with van der Waals surface area (Å²) < 4.78 is 0. The van der Waals surface area contributed by atoms with E-state index in [0.29, 0.717) is 18.3 Å². The Hall–Kier alpha value is -2.22. The number of hydrogen-bond donors (Lipinski definition) is 0. The van der Waals surface area contributed by atoms with Crippen molar-refractivity contribution in [3.63, 3.8) is 0 Å². The number of amides is 1. The Bertz CT molecular complexity index is 1250. The molecule has 1 saturated heterocycles. The summed E-state index contributed by atoms with van der Waals surface area (Å²) in [5.41, 5.74) is -0.389. The van der Waals surface area contributed by atoms with Gasteiger partial charge in [-0.15, -0.1) is 0 Å².